The predicted octanol–water partition coefficient (Wildman–Crippen LogP) is 3.91. The van der Waals surface area contributed by atoms with Gasteiger partial charge in [0.2, 0.25) is 0 Å². The van der Waals surface area contributed by atoms with Crippen LogP contribution in [-0.4, -0.2) is 5.38 Å². The minimum absolute atomic E-state index is 0.00555. The summed E-state index contributed by atoms with van der Waals surface area (Å²) < 4.78 is 26.2. The second-order valence-electron chi connectivity index (χ2n) is 3.24. The first-order valence-electron chi connectivity index (χ1n) is 4.72. The summed E-state index contributed by atoms with van der Waals surface area (Å²) in [6, 6.07) is 3.91. The quantitative estimate of drug-likeness (QED) is 0.672. The molecule has 1 rings (SSSR count). The van der Waals surface area contributed by atoms with E-state index in [4.69, 9.17) is 11.6 Å². The first kappa shape index (κ1) is 11.4. The van der Waals surface area contributed by atoms with Gasteiger partial charge in [-0.15, -0.1) is 11.6 Å². The fraction of sp³-hybridized carbons (Fsp3) is 0.455. The van der Waals surface area contributed by atoms with E-state index >= 15 is 0 Å². The van der Waals surface area contributed by atoms with Crippen LogP contribution < -0.4 is 0 Å². The van der Waals surface area contributed by atoms with Gasteiger partial charge in [-0.3, -0.25) is 0 Å². The molecule has 14 heavy (non-hydrogen) atoms. The lowest BCUT2D eigenvalue weighted by Crippen LogP contribution is -2.02. The lowest BCUT2D eigenvalue weighted by Gasteiger charge is -2.07. The lowest BCUT2D eigenvalue weighted by molar-refractivity contribution is 0.546. The van der Waals surface area contributed by atoms with Crippen molar-refractivity contribution in [1.29, 1.82) is 0 Å². The maximum absolute atomic E-state index is 13.1. The van der Waals surface area contributed by atoms with Crippen LogP contribution in [0, 0.1) is 11.6 Å². The van der Waals surface area contributed by atoms with Crippen molar-refractivity contribution in [2.75, 3.05) is 0 Å². The molecule has 0 heterocycles. The molecule has 0 N–H and O–H groups in total. The molecular weight excluding hydrogens is 206 g/mol. The van der Waals surface area contributed by atoms with Gasteiger partial charge in [-0.1, -0.05) is 13.0 Å². The second kappa shape index (κ2) is 5.30. The molecule has 1 aromatic carbocycles. The largest absolute Gasteiger partial charge is 0.207 e. The maximum atomic E-state index is 13.1. The third kappa shape index (κ3) is 2.95. The Morgan fingerprint density at radius 1 is 1.29 bits per heavy atom. The number of halogens is 3. The summed E-state index contributed by atoms with van der Waals surface area (Å²) in [4.78, 5) is 0. The topological polar surface area (TPSA) is 0 Å². The minimum Gasteiger partial charge on any atom is -0.207 e. The van der Waals surface area contributed by atoms with Crippen molar-refractivity contribution < 1.29 is 8.78 Å². The highest BCUT2D eigenvalue weighted by molar-refractivity contribution is 6.20. The first-order chi connectivity index (χ1) is 6.65. The Bertz CT molecular complexity index is 279. The zero-order valence-corrected chi connectivity index (χ0v) is 8.82. The van der Waals surface area contributed by atoms with Crippen molar-refractivity contribution in [2.45, 2.75) is 31.6 Å². The molecule has 0 saturated carbocycles. The summed E-state index contributed by atoms with van der Waals surface area (Å²) in [6.07, 6.45) is 1.79. The molecular formula is C11H13ClF2. The van der Waals surface area contributed by atoms with Gasteiger partial charge in [0, 0.05) is 10.9 Å². The van der Waals surface area contributed by atoms with E-state index in [1.807, 2.05) is 6.92 Å². The highest BCUT2D eigenvalue weighted by Gasteiger charge is 2.10. The van der Waals surface area contributed by atoms with Gasteiger partial charge in [0.15, 0.2) is 0 Å². The van der Waals surface area contributed by atoms with Crippen molar-refractivity contribution in [3.8, 4) is 0 Å². The molecule has 0 aliphatic heterocycles. The average Bonchev–Trinajstić information content (AvgIpc) is 2.16. The van der Waals surface area contributed by atoms with Crippen molar-refractivity contribution >= 4 is 11.6 Å². The SMILES string of the molecule is CCC(Cl)CCc1c(F)cccc1F. The monoisotopic (exact) mass is 218 g/mol. The number of rotatable bonds is 4. The third-order valence-electron chi connectivity index (χ3n) is 2.21. The molecule has 0 fully saturated rings. The van der Waals surface area contributed by atoms with E-state index in [9.17, 15) is 8.78 Å². The summed E-state index contributed by atoms with van der Waals surface area (Å²) in [5, 5.41) is -0.00555. The molecule has 0 aliphatic carbocycles. The highest BCUT2D eigenvalue weighted by Crippen LogP contribution is 2.17. The predicted molar refractivity (Wildman–Crippen MR) is 54.6 cm³/mol. The van der Waals surface area contributed by atoms with Gasteiger partial charge in [0.25, 0.3) is 0 Å². The highest BCUT2D eigenvalue weighted by atomic mass is 35.5. The normalized spacial score (nSPS) is 12.9. The summed E-state index contributed by atoms with van der Waals surface area (Å²) in [5.41, 5.74) is 0.145. The maximum Gasteiger partial charge on any atom is 0.129 e. The molecule has 0 aliphatic rings. The number of benzene rings is 1. The van der Waals surface area contributed by atoms with Gasteiger partial charge in [-0.25, -0.2) is 8.78 Å². The van der Waals surface area contributed by atoms with E-state index in [1.54, 1.807) is 0 Å². The van der Waals surface area contributed by atoms with E-state index in [0.29, 0.717) is 12.8 Å². The fourth-order valence-electron chi connectivity index (χ4n) is 1.28. The molecule has 0 saturated heterocycles. The molecule has 0 amide bonds. The van der Waals surface area contributed by atoms with E-state index in [1.165, 1.54) is 18.2 Å². The van der Waals surface area contributed by atoms with E-state index < -0.39 is 11.6 Å². The van der Waals surface area contributed by atoms with Gasteiger partial charge in [-0.2, -0.15) is 0 Å². The molecule has 0 radical (unpaired) electrons. The van der Waals surface area contributed by atoms with E-state index in [0.717, 1.165) is 6.42 Å². The van der Waals surface area contributed by atoms with Crippen molar-refractivity contribution in [1.82, 2.24) is 0 Å². The van der Waals surface area contributed by atoms with Gasteiger partial charge in [0.1, 0.15) is 11.6 Å². The van der Waals surface area contributed by atoms with Gasteiger partial charge < -0.3 is 0 Å². The Labute approximate surface area is 87.9 Å². The van der Waals surface area contributed by atoms with Crippen LogP contribution in [0.4, 0.5) is 8.78 Å². The van der Waals surface area contributed by atoms with Gasteiger partial charge in [-0.05, 0) is 31.4 Å². The van der Waals surface area contributed by atoms with Gasteiger partial charge >= 0.3 is 0 Å². The van der Waals surface area contributed by atoms with Crippen molar-refractivity contribution in [3.05, 3.63) is 35.4 Å². The zero-order valence-electron chi connectivity index (χ0n) is 8.06. The van der Waals surface area contributed by atoms with Crippen LogP contribution in [0.25, 0.3) is 0 Å². The molecule has 1 unspecified atom stereocenters. The molecule has 3 heteroatoms. The van der Waals surface area contributed by atoms with Crippen LogP contribution in [0.5, 0.6) is 0 Å². The van der Waals surface area contributed by atoms with E-state index in [2.05, 4.69) is 0 Å². The minimum atomic E-state index is -0.482. The smallest absolute Gasteiger partial charge is 0.129 e. The zero-order chi connectivity index (χ0) is 10.6. The summed E-state index contributed by atoms with van der Waals surface area (Å²) in [7, 11) is 0. The molecule has 1 aromatic rings. The Morgan fingerprint density at radius 3 is 2.36 bits per heavy atom. The third-order valence-corrected chi connectivity index (χ3v) is 2.74. The molecule has 1 atom stereocenters. The Balaban J connectivity index is 2.66. The van der Waals surface area contributed by atoms with Crippen LogP contribution in [0.2, 0.25) is 0 Å². The molecule has 78 valence electrons. The van der Waals surface area contributed by atoms with Crippen LogP contribution in [0.1, 0.15) is 25.3 Å². The average molecular weight is 219 g/mol. The summed E-state index contributed by atoms with van der Waals surface area (Å²) in [6.45, 7) is 1.95. The summed E-state index contributed by atoms with van der Waals surface area (Å²) >= 11 is 5.87. The standard InChI is InChI=1S/C11H13ClF2/c1-2-8(12)6-7-9-10(13)4-3-5-11(9)14/h3-5,8H,2,6-7H2,1H3. The first-order valence-corrected chi connectivity index (χ1v) is 5.15. The fourth-order valence-corrected chi connectivity index (χ4v) is 1.39. The van der Waals surface area contributed by atoms with Crippen molar-refractivity contribution in [2.24, 2.45) is 0 Å². The Morgan fingerprint density at radius 2 is 1.86 bits per heavy atom. The molecule has 0 spiro atoms. The summed E-state index contributed by atoms with van der Waals surface area (Å²) in [5.74, 6) is -0.963. The van der Waals surface area contributed by atoms with Crippen LogP contribution in [0.15, 0.2) is 18.2 Å². The van der Waals surface area contributed by atoms with Crippen LogP contribution >= 0.6 is 11.6 Å². The lowest BCUT2D eigenvalue weighted by atomic mass is 10.1. The Hall–Kier alpha value is -0.630. The number of hydrogen-bond donors (Lipinski definition) is 0. The van der Waals surface area contributed by atoms with Gasteiger partial charge in [0.05, 0.1) is 0 Å². The van der Waals surface area contributed by atoms with E-state index in [-0.39, 0.29) is 10.9 Å². The molecule has 0 aromatic heterocycles. The molecule has 0 bridgehead atoms. The second-order valence-corrected chi connectivity index (χ2v) is 3.86. The van der Waals surface area contributed by atoms with Crippen LogP contribution in [-0.2, 0) is 6.42 Å². The van der Waals surface area contributed by atoms with Crippen molar-refractivity contribution in [3.63, 3.8) is 0 Å². The number of hydrogen-bond acceptors (Lipinski definition) is 0. The molecule has 0 nitrogen and oxygen atoms in total. The van der Waals surface area contributed by atoms with Crippen LogP contribution in [0.3, 0.4) is 0 Å². The number of alkyl halides is 1. The Kier molecular flexibility index (Phi) is 4.33.